The fourth-order valence-corrected chi connectivity index (χ4v) is 4.60. The first kappa shape index (κ1) is 26.3. The minimum atomic E-state index is -4.72. The molecule has 4 nitrogen and oxygen atoms in total. The highest BCUT2D eigenvalue weighted by Gasteiger charge is 2.37. The minimum Gasteiger partial charge on any atom is -0.497 e. The molecule has 3 aromatic rings. The number of methoxy groups -OCH3 is 2. The monoisotopic (exact) mass is 508 g/mol. The van der Waals surface area contributed by atoms with Crippen LogP contribution in [0.3, 0.4) is 0 Å². The number of hydrogen-bond donors (Lipinski definition) is 0. The van der Waals surface area contributed by atoms with Crippen LogP contribution in [-0.2, 0) is 16.1 Å². The summed E-state index contributed by atoms with van der Waals surface area (Å²) in [4.78, 5) is 11.7. The van der Waals surface area contributed by atoms with E-state index in [0.717, 1.165) is 23.0 Å². The van der Waals surface area contributed by atoms with E-state index in [1.165, 1.54) is 31.7 Å². The van der Waals surface area contributed by atoms with Crippen molar-refractivity contribution >= 4 is 22.9 Å². The topological polar surface area (TPSA) is 44.8 Å². The molecule has 1 heterocycles. The van der Waals surface area contributed by atoms with Crippen molar-refractivity contribution < 1.29 is 36.6 Å². The van der Waals surface area contributed by atoms with Crippen LogP contribution < -0.4 is 9.47 Å². The van der Waals surface area contributed by atoms with Crippen molar-refractivity contribution in [3.8, 4) is 21.9 Å². The van der Waals surface area contributed by atoms with Gasteiger partial charge in [-0.1, -0.05) is 25.6 Å². The average Bonchev–Trinajstić information content (AvgIpc) is 3.25. The van der Waals surface area contributed by atoms with E-state index in [-0.39, 0.29) is 46.5 Å². The fraction of sp³-hybridized carbons (Fsp3) is 0.269. The number of benzene rings is 2. The Morgan fingerprint density at radius 3 is 2.51 bits per heavy atom. The van der Waals surface area contributed by atoms with Gasteiger partial charge in [0, 0.05) is 21.6 Å². The molecule has 0 saturated carbocycles. The van der Waals surface area contributed by atoms with E-state index in [0.29, 0.717) is 11.5 Å². The van der Waals surface area contributed by atoms with Gasteiger partial charge in [-0.05, 0) is 47.2 Å². The van der Waals surface area contributed by atoms with Crippen LogP contribution in [0.25, 0.3) is 16.0 Å². The summed E-state index contributed by atoms with van der Waals surface area (Å²) in [7, 11) is 2.70. The molecule has 35 heavy (non-hydrogen) atoms. The van der Waals surface area contributed by atoms with Crippen molar-refractivity contribution in [2.75, 3.05) is 14.2 Å². The zero-order valence-electron chi connectivity index (χ0n) is 19.4. The van der Waals surface area contributed by atoms with Crippen molar-refractivity contribution in [3.05, 3.63) is 76.9 Å². The molecule has 0 fully saturated rings. The molecule has 0 saturated heterocycles. The number of allylic oxidation sites excluding steroid dienone is 1. The molecule has 0 spiro atoms. The standard InChI is InChI=1S/C26H24F4O4S/c1-15(10-23(31)33-4)17-6-5-7-20(11-17)34-13-18-14-35-25(24(18)16(2)26(28,29)30)21-12-19(32-3)8-9-22(21)27/h5-9,11-12,14-15H,2,10,13H2,1,3-4H3/t15-/m1/s1. The first-order valence-electron chi connectivity index (χ1n) is 10.6. The van der Waals surface area contributed by atoms with Crippen molar-refractivity contribution in [1.29, 1.82) is 0 Å². The van der Waals surface area contributed by atoms with E-state index in [2.05, 4.69) is 6.58 Å². The summed E-state index contributed by atoms with van der Waals surface area (Å²) in [5.74, 6) is -0.439. The first-order chi connectivity index (χ1) is 16.5. The molecule has 2 aromatic carbocycles. The molecule has 0 aliphatic rings. The van der Waals surface area contributed by atoms with E-state index in [4.69, 9.17) is 14.2 Å². The maximum atomic E-state index is 14.6. The summed E-state index contributed by atoms with van der Waals surface area (Å²) in [6, 6.07) is 10.8. The van der Waals surface area contributed by atoms with Gasteiger partial charge < -0.3 is 14.2 Å². The lowest BCUT2D eigenvalue weighted by molar-refractivity contribution is -0.141. The predicted octanol–water partition coefficient (Wildman–Crippen LogP) is 7.38. The van der Waals surface area contributed by atoms with Gasteiger partial charge >= 0.3 is 12.1 Å². The molecular formula is C26H24F4O4S. The lowest BCUT2D eigenvalue weighted by atomic mass is 9.97. The largest absolute Gasteiger partial charge is 0.497 e. The summed E-state index contributed by atoms with van der Waals surface area (Å²) in [6.07, 6.45) is -4.54. The quantitative estimate of drug-likeness (QED) is 0.223. The van der Waals surface area contributed by atoms with Crippen molar-refractivity contribution in [2.45, 2.75) is 32.0 Å². The van der Waals surface area contributed by atoms with Crippen LogP contribution in [-0.4, -0.2) is 26.4 Å². The summed E-state index contributed by atoms with van der Waals surface area (Å²) in [5, 5.41) is 1.50. The van der Waals surface area contributed by atoms with Crippen LogP contribution in [0.5, 0.6) is 11.5 Å². The third-order valence-electron chi connectivity index (χ3n) is 5.45. The lowest BCUT2D eigenvalue weighted by Gasteiger charge is -2.16. The molecule has 0 N–H and O–H groups in total. The molecule has 9 heteroatoms. The van der Waals surface area contributed by atoms with E-state index in [1.54, 1.807) is 18.2 Å². The Balaban J connectivity index is 1.93. The van der Waals surface area contributed by atoms with Crippen LogP contribution in [0, 0.1) is 5.82 Å². The number of alkyl halides is 3. The summed E-state index contributed by atoms with van der Waals surface area (Å²) >= 11 is 0.972. The van der Waals surface area contributed by atoms with Gasteiger partial charge in [0.2, 0.25) is 0 Å². The van der Waals surface area contributed by atoms with Gasteiger partial charge in [-0.25, -0.2) is 4.39 Å². The van der Waals surface area contributed by atoms with E-state index in [9.17, 15) is 22.4 Å². The fourth-order valence-electron chi connectivity index (χ4n) is 3.50. The van der Waals surface area contributed by atoms with Crippen LogP contribution in [0.15, 0.2) is 54.4 Å². The Morgan fingerprint density at radius 2 is 1.86 bits per heavy atom. The number of rotatable bonds is 9. The SMILES string of the molecule is C=C(c1c(COc2cccc([C@H](C)CC(=O)OC)c2)csc1-c1cc(OC)ccc1F)C(F)(F)F. The second kappa shape index (κ2) is 10.9. The molecule has 0 aliphatic carbocycles. The number of ether oxygens (including phenoxy) is 3. The van der Waals surface area contributed by atoms with Gasteiger partial charge in [0.1, 0.15) is 23.9 Å². The molecule has 0 amide bonds. The Labute approximate surface area is 204 Å². The Kier molecular flexibility index (Phi) is 8.22. The number of carbonyl (C=O) groups is 1. The molecule has 0 bridgehead atoms. The van der Waals surface area contributed by atoms with Gasteiger partial charge in [0.15, 0.2) is 0 Å². The smallest absolute Gasteiger partial charge is 0.416 e. The maximum absolute atomic E-state index is 14.6. The molecule has 0 aliphatic heterocycles. The van der Waals surface area contributed by atoms with Gasteiger partial charge in [-0.15, -0.1) is 11.3 Å². The van der Waals surface area contributed by atoms with Crippen molar-refractivity contribution in [1.82, 2.24) is 0 Å². The summed E-state index contributed by atoms with van der Waals surface area (Å²) in [5.41, 5.74) is -0.278. The molecular weight excluding hydrogens is 484 g/mol. The Hall–Kier alpha value is -3.33. The molecule has 1 aromatic heterocycles. The van der Waals surface area contributed by atoms with Crippen molar-refractivity contribution in [2.24, 2.45) is 0 Å². The maximum Gasteiger partial charge on any atom is 0.416 e. The molecule has 186 valence electrons. The lowest BCUT2D eigenvalue weighted by Crippen LogP contribution is -2.12. The van der Waals surface area contributed by atoms with E-state index < -0.39 is 17.6 Å². The van der Waals surface area contributed by atoms with E-state index >= 15 is 0 Å². The highest BCUT2D eigenvalue weighted by atomic mass is 32.1. The molecule has 0 radical (unpaired) electrons. The van der Waals surface area contributed by atoms with Crippen LogP contribution in [0.4, 0.5) is 17.6 Å². The van der Waals surface area contributed by atoms with Crippen LogP contribution >= 0.6 is 11.3 Å². The predicted molar refractivity (Wildman–Crippen MR) is 127 cm³/mol. The molecule has 1 atom stereocenters. The number of halogens is 4. The average molecular weight is 509 g/mol. The normalized spacial score (nSPS) is 12.2. The number of hydrogen-bond acceptors (Lipinski definition) is 5. The first-order valence-corrected chi connectivity index (χ1v) is 11.4. The second-order valence-electron chi connectivity index (χ2n) is 7.83. The third-order valence-corrected chi connectivity index (χ3v) is 6.51. The molecule has 0 unspecified atom stereocenters. The highest BCUT2D eigenvalue weighted by Crippen LogP contribution is 2.44. The Bertz CT molecular complexity index is 1220. The summed E-state index contributed by atoms with van der Waals surface area (Å²) < 4.78 is 71.3. The second-order valence-corrected chi connectivity index (χ2v) is 8.71. The molecule has 3 rings (SSSR count). The van der Waals surface area contributed by atoms with E-state index in [1.807, 2.05) is 13.0 Å². The van der Waals surface area contributed by atoms with Gasteiger partial charge in [0.25, 0.3) is 0 Å². The van der Waals surface area contributed by atoms with Gasteiger partial charge in [-0.2, -0.15) is 13.2 Å². The number of esters is 1. The van der Waals surface area contributed by atoms with Crippen LogP contribution in [0.2, 0.25) is 0 Å². The number of carbonyl (C=O) groups excluding carboxylic acids is 1. The third kappa shape index (κ3) is 6.22. The zero-order chi connectivity index (χ0) is 25.8. The van der Waals surface area contributed by atoms with Crippen LogP contribution in [0.1, 0.15) is 36.0 Å². The zero-order valence-corrected chi connectivity index (χ0v) is 20.2. The van der Waals surface area contributed by atoms with Crippen molar-refractivity contribution in [3.63, 3.8) is 0 Å². The Morgan fingerprint density at radius 1 is 1.11 bits per heavy atom. The van der Waals surface area contributed by atoms with Gasteiger partial charge in [-0.3, -0.25) is 4.79 Å². The van der Waals surface area contributed by atoms with Gasteiger partial charge in [0.05, 0.1) is 26.2 Å². The highest BCUT2D eigenvalue weighted by molar-refractivity contribution is 7.14. The number of thiophene rings is 1. The summed E-state index contributed by atoms with van der Waals surface area (Å²) in [6.45, 7) is 4.91. The minimum absolute atomic E-state index is 0.0142.